The molecular weight excluding hydrogens is 544 g/mol. The van der Waals surface area contributed by atoms with Crippen molar-refractivity contribution in [1.29, 1.82) is 0 Å². The second kappa shape index (κ2) is 14.6. The van der Waals surface area contributed by atoms with E-state index in [4.69, 9.17) is 19.3 Å². The van der Waals surface area contributed by atoms with Crippen molar-refractivity contribution < 1.29 is 14.2 Å². The van der Waals surface area contributed by atoms with E-state index in [0.29, 0.717) is 26.4 Å². The van der Waals surface area contributed by atoms with Crippen molar-refractivity contribution in [2.75, 3.05) is 24.8 Å². The summed E-state index contributed by atoms with van der Waals surface area (Å²) >= 11 is 0. The molecule has 0 radical (unpaired) electrons. The van der Waals surface area contributed by atoms with E-state index in [2.05, 4.69) is 102 Å². The summed E-state index contributed by atoms with van der Waals surface area (Å²) in [6.45, 7) is 4.14. The Balaban J connectivity index is 1.04. The first-order valence-corrected chi connectivity index (χ1v) is 15.3. The quantitative estimate of drug-likeness (QED) is 0.130. The van der Waals surface area contributed by atoms with Gasteiger partial charge in [0, 0.05) is 6.42 Å². The van der Waals surface area contributed by atoms with Crippen LogP contribution >= 0.6 is 0 Å². The van der Waals surface area contributed by atoms with Crippen LogP contribution in [-0.4, -0.2) is 31.6 Å². The average molecular weight is 583 g/mol. The van der Waals surface area contributed by atoms with Gasteiger partial charge in [-0.1, -0.05) is 115 Å². The summed E-state index contributed by atoms with van der Waals surface area (Å²) in [7, 11) is 0. The average Bonchev–Trinajstić information content (AvgIpc) is 3.54. The zero-order valence-corrected chi connectivity index (χ0v) is 25.1. The summed E-state index contributed by atoms with van der Waals surface area (Å²) in [6, 6.07) is 48.2. The van der Waals surface area contributed by atoms with Gasteiger partial charge in [-0.3, -0.25) is 5.01 Å². The first-order valence-electron chi connectivity index (χ1n) is 15.3. The van der Waals surface area contributed by atoms with Crippen LogP contribution in [0.5, 0.6) is 5.75 Å². The summed E-state index contributed by atoms with van der Waals surface area (Å²) in [5, 5.41) is 7.26. The smallest absolute Gasteiger partial charge is 0.119 e. The van der Waals surface area contributed by atoms with Gasteiger partial charge in [0.2, 0.25) is 0 Å². The van der Waals surface area contributed by atoms with E-state index in [1.807, 2.05) is 49.4 Å². The predicted molar refractivity (Wildman–Crippen MR) is 178 cm³/mol. The molecule has 6 rings (SSSR count). The fourth-order valence-electron chi connectivity index (χ4n) is 5.41. The molecule has 5 nitrogen and oxygen atoms in total. The first-order chi connectivity index (χ1) is 21.7. The lowest BCUT2D eigenvalue weighted by molar-refractivity contribution is -0.0204. The molecule has 5 aromatic rings. The van der Waals surface area contributed by atoms with Gasteiger partial charge in [-0.05, 0) is 59.0 Å². The molecule has 0 amide bonds. The van der Waals surface area contributed by atoms with Crippen LogP contribution in [0, 0.1) is 0 Å². The number of hydrogen-bond donors (Lipinski definition) is 0. The molecule has 5 heteroatoms. The predicted octanol–water partition coefficient (Wildman–Crippen LogP) is 8.71. The number of para-hydroxylation sites is 1. The molecule has 0 bridgehead atoms. The van der Waals surface area contributed by atoms with Crippen LogP contribution in [0.4, 0.5) is 5.69 Å². The fraction of sp³-hybridized carbons (Fsp3) is 0.205. The summed E-state index contributed by atoms with van der Waals surface area (Å²) in [5.41, 5.74) is 8.08. The third-order valence-corrected chi connectivity index (χ3v) is 7.74. The van der Waals surface area contributed by atoms with Crippen molar-refractivity contribution in [3.63, 3.8) is 0 Å². The van der Waals surface area contributed by atoms with Crippen LogP contribution in [0.15, 0.2) is 145 Å². The number of rotatable bonds is 13. The molecule has 0 fully saturated rings. The molecule has 1 aliphatic heterocycles. The summed E-state index contributed by atoms with van der Waals surface area (Å²) < 4.78 is 17.7. The Labute approximate surface area is 260 Å². The minimum absolute atomic E-state index is 0.000220. The third kappa shape index (κ3) is 7.62. The van der Waals surface area contributed by atoms with Gasteiger partial charge in [-0.2, -0.15) is 5.10 Å². The summed E-state index contributed by atoms with van der Waals surface area (Å²) in [6.07, 6.45) is 0.817. The molecule has 0 saturated heterocycles. The highest BCUT2D eigenvalue weighted by atomic mass is 16.5. The van der Waals surface area contributed by atoms with Crippen molar-refractivity contribution in [2.45, 2.75) is 32.1 Å². The van der Waals surface area contributed by atoms with E-state index in [1.54, 1.807) is 0 Å². The van der Waals surface area contributed by atoms with Gasteiger partial charge < -0.3 is 14.2 Å². The van der Waals surface area contributed by atoms with Gasteiger partial charge >= 0.3 is 0 Å². The lowest BCUT2D eigenvalue weighted by Crippen LogP contribution is -2.19. The normalized spacial score (nSPS) is 15.2. The lowest BCUT2D eigenvalue weighted by Gasteiger charge is -2.24. The Morgan fingerprint density at radius 1 is 0.682 bits per heavy atom. The van der Waals surface area contributed by atoms with Crippen LogP contribution in [0.2, 0.25) is 0 Å². The molecule has 1 heterocycles. The maximum atomic E-state index is 5.99. The number of hydrazone groups is 1. The Hall–Kier alpha value is -4.71. The number of hydrogen-bond acceptors (Lipinski definition) is 5. The van der Waals surface area contributed by atoms with Gasteiger partial charge in [0.15, 0.2) is 0 Å². The topological polar surface area (TPSA) is 43.3 Å². The van der Waals surface area contributed by atoms with E-state index >= 15 is 0 Å². The molecule has 5 aromatic carbocycles. The second-order valence-corrected chi connectivity index (χ2v) is 11.0. The molecule has 0 N–H and O–H groups in total. The highest BCUT2D eigenvalue weighted by Gasteiger charge is 2.30. The zero-order chi connectivity index (χ0) is 30.0. The van der Waals surface area contributed by atoms with E-state index in [9.17, 15) is 0 Å². The highest BCUT2D eigenvalue weighted by molar-refractivity contribution is 6.03. The van der Waals surface area contributed by atoms with Crippen molar-refractivity contribution in [3.05, 3.63) is 156 Å². The van der Waals surface area contributed by atoms with Crippen molar-refractivity contribution in [2.24, 2.45) is 5.10 Å². The van der Waals surface area contributed by atoms with Crippen LogP contribution < -0.4 is 9.75 Å². The molecule has 2 unspecified atom stereocenters. The Bertz CT molecular complexity index is 1610. The monoisotopic (exact) mass is 582 g/mol. The molecule has 2 atom stereocenters. The van der Waals surface area contributed by atoms with Crippen molar-refractivity contribution in [1.82, 2.24) is 0 Å². The van der Waals surface area contributed by atoms with Crippen LogP contribution in [0.1, 0.15) is 36.1 Å². The Kier molecular flexibility index (Phi) is 9.78. The number of ether oxygens (including phenoxy) is 3. The van der Waals surface area contributed by atoms with E-state index < -0.39 is 0 Å². The van der Waals surface area contributed by atoms with E-state index in [1.165, 1.54) is 16.7 Å². The van der Waals surface area contributed by atoms with Gasteiger partial charge in [-0.25, -0.2) is 0 Å². The number of benzene rings is 5. The van der Waals surface area contributed by atoms with Gasteiger partial charge in [-0.15, -0.1) is 0 Å². The fourth-order valence-corrected chi connectivity index (χ4v) is 5.41. The molecule has 222 valence electrons. The molecule has 0 saturated carbocycles. The van der Waals surface area contributed by atoms with Crippen LogP contribution in [0.25, 0.3) is 11.1 Å². The molecule has 1 aliphatic rings. The van der Waals surface area contributed by atoms with Gasteiger partial charge in [0.05, 0.1) is 43.4 Å². The molecule has 0 aliphatic carbocycles. The van der Waals surface area contributed by atoms with Gasteiger partial charge in [0.1, 0.15) is 12.4 Å². The standard InChI is InChI=1S/C39H38N2O3/c1-30(28-42-29-31-11-5-2-6-12-31)43-25-26-44-37-23-21-35(22-24-37)39-27-38(40-41(39)36-15-9-4-10-16-36)34-19-17-33(18-20-34)32-13-7-3-8-14-32/h2-24,30,39H,25-29H2,1H3. The van der Waals surface area contributed by atoms with Crippen LogP contribution in [-0.2, 0) is 16.1 Å². The molecule has 44 heavy (non-hydrogen) atoms. The minimum Gasteiger partial charge on any atom is -0.491 e. The third-order valence-electron chi connectivity index (χ3n) is 7.74. The van der Waals surface area contributed by atoms with E-state index in [-0.39, 0.29) is 12.1 Å². The molecule has 0 spiro atoms. The first kappa shape index (κ1) is 29.4. The highest BCUT2D eigenvalue weighted by Crippen LogP contribution is 2.37. The Morgan fingerprint density at radius 2 is 1.30 bits per heavy atom. The molecular formula is C39H38N2O3. The van der Waals surface area contributed by atoms with Crippen molar-refractivity contribution >= 4 is 11.4 Å². The lowest BCUT2D eigenvalue weighted by atomic mass is 9.96. The zero-order valence-electron chi connectivity index (χ0n) is 25.1. The summed E-state index contributed by atoms with van der Waals surface area (Å²) in [4.78, 5) is 0. The van der Waals surface area contributed by atoms with Crippen LogP contribution in [0.3, 0.4) is 0 Å². The Morgan fingerprint density at radius 3 is 2.00 bits per heavy atom. The molecule has 0 aromatic heterocycles. The summed E-state index contributed by atoms with van der Waals surface area (Å²) in [5.74, 6) is 0.826. The second-order valence-electron chi connectivity index (χ2n) is 11.0. The maximum absolute atomic E-state index is 5.99. The minimum atomic E-state index is -0.000220. The van der Waals surface area contributed by atoms with Gasteiger partial charge in [0.25, 0.3) is 0 Å². The van der Waals surface area contributed by atoms with E-state index in [0.717, 1.165) is 34.7 Å². The number of nitrogens with zero attached hydrogens (tertiary/aromatic N) is 2. The number of anilines is 1. The SMILES string of the molecule is CC(COCc1ccccc1)OCCOc1ccc(C2CC(c3ccc(-c4ccccc4)cc3)=NN2c2ccccc2)cc1. The van der Waals surface area contributed by atoms with Crippen molar-refractivity contribution in [3.8, 4) is 16.9 Å². The maximum Gasteiger partial charge on any atom is 0.119 e. The largest absolute Gasteiger partial charge is 0.491 e.